The van der Waals surface area contributed by atoms with Crippen LogP contribution in [0.5, 0.6) is 0 Å². The van der Waals surface area contributed by atoms with E-state index >= 15 is 0 Å². The molecule has 1 aromatic heterocycles. The molecule has 2 amide bonds. The van der Waals surface area contributed by atoms with Crippen LogP contribution in [0, 0.1) is 19.8 Å². The highest BCUT2D eigenvalue weighted by molar-refractivity contribution is 5.90. The highest BCUT2D eigenvalue weighted by Crippen LogP contribution is 2.23. The van der Waals surface area contributed by atoms with E-state index in [0.717, 1.165) is 29.9 Å². The smallest absolute Gasteiger partial charge is 0.355 e. The third kappa shape index (κ3) is 6.62. The van der Waals surface area contributed by atoms with Gasteiger partial charge in [0.05, 0.1) is 6.61 Å². The number of hydrogen-bond donors (Lipinski definition) is 2. The Kier molecular flexibility index (Phi) is 9.56. The topological polar surface area (TPSA) is 94.7 Å². The van der Waals surface area contributed by atoms with Crippen molar-refractivity contribution in [3.8, 4) is 0 Å². The molecular weight excluding hydrogens is 432 g/mol. The molecule has 0 bridgehead atoms. The number of H-pyrrole nitrogens is 1. The lowest BCUT2D eigenvalue weighted by molar-refractivity contribution is -0.135. The number of nitrogens with one attached hydrogen (secondary N) is 2. The zero-order valence-electron chi connectivity index (χ0n) is 21.4. The predicted molar refractivity (Wildman–Crippen MR) is 132 cm³/mol. The van der Waals surface area contributed by atoms with Gasteiger partial charge in [0.2, 0.25) is 11.8 Å². The number of rotatable bonds is 9. The molecule has 2 N–H and O–H groups in total. The number of aromatic amines is 1. The molecule has 34 heavy (non-hydrogen) atoms. The number of likely N-dealkylation sites (tertiary alicyclic amines) is 2. The van der Waals surface area contributed by atoms with Crippen LogP contribution in [0.25, 0.3) is 0 Å². The Bertz CT molecular complexity index is 857. The summed E-state index contributed by atoms with van der Waals surface area (Å²) in [6, 6.07) is 0.607. The van der Waals surface area contributed by atoms with Crippen LogP contribution in [0.1, 0.15) is 79.7 Å². The maximum Gasteiger partial charge on any atom is 0.355 e. The van der Waals surface area contributed by atoms with Gasteiger partial charge in [0, 0.05) is 50.3 Å². The van der Waals surface area contributed by atoms with Gasteiger partial charge in [-0.25, -0.2) is 4.79 Å². The normalized spacial score (nSPS) is 19.8. The van der Waals surface area contributed by atoms with Crippen LogP contribution in [0.15, 0.2) is 0 Å². The quantitative estimate of drug-likeness (QED) is 0.537. The van der Waals surface area contributed by atoms with Crippen molar-refractivity contribution in [2.75, 3.05) is 39.3 Å². The molecule has 2 aliphatic heterocycles. The largest absolute Gasteiger partial charge is 0.461 e. The van der Waals surface area contributed by atoms with Crippen LogP contribution in [0.2, 0.25) is 0 Å². The molecule has 0 aliphatic carbocycles. The lowest BCUT2D eigenvalue weighted by Gasteiger charge is -2.34. The minimum atomic E-state index is -0.355. The monoisotopic (exact) mass is 474 g/mol. The number of carbonyl (C=O) groups excluding carboxylic acids is 3. The fraction of sp³-hybridized carbons (Fsp3) is 0.731. The number of nitrogens with zero attached hydrogens (tertiary/aromatic N) is 2. The van der Waals surface area contributed by atoms with E-state index in [0.29, 0.717) is 63.7 Å². The van der Waals surface area contributed by atoms with Crippen LogP contribution in [-0.2, 0) is 20.7 Å². The maximum absolute atomic E-state index is 12.8. The highest BCUT2D eigenvalue weighted by atomic mass is 16.5. The van der Waals surface area contributed by atoms with Crippen molar-refractivity contribution in [3.05, 3.63) is 22.5 Å². The van der Waals surface area contributed by atoms with Gasteiger partial charge in [0.15, 0.2) is 0 Å². The molecule has 3 rings (SSSR count). The summed E-state index contributed by atoms with van der Waals surface area (Å²) in [5.41, 5.74) is 3.25. The number of carbonyl (C=O) groups is 3. The number of esters is 1. The highest BCUT2D eigenvalue weighted by Gasteiger charge is 2.28. The van der Waals surface area contributed by atoms with Crippen molar-refractivity contribution in [3.63, 3.8) is 0 Å². The van der Waals surface area contributed by atoms with E-state index < -0.39 is 0 Å². The van der Waals surface area contributed by atoms with Crippen LogP contribution in [0.3, 0.4) is 0 Å². The average Bonchev–Trinajstić information content (AvgIpc) is 3.12. The van der Waals surface area contributed by atoms with Crippen molar-refractivity contribution < 1.29 is 19.1 Å². The van der Waals surface area contributed by atoms with E-state index in [2.05, 4.69) is 22.1 Å². The fourth-order valence-corrected chi connectivity index (χ4v) is 5.31. The first-order valence-corrected chi connectivity index (χ1v) is 13.0. The number of aryl methyl sites for hydroxylation is 1. The molecule has 1 atom stereocenters. The number of amides is 2. The molecular formula is C26H42N4O4. The Morgan fingerprint density at radius 3 is 2.50 bits per heavy atom. The van der Waals surface area contributed by atoms with Gasteiger partial charge in [-0.15, -0.1) is 0 Å². The Hall–Kier alpha value is -2.35. The molecule has 0 spiro atoms. The predicted octanol–water partition coefficient (Wildman–Crippen LogP) is 2.97. The molecule has 8 heteroatoms. The van der Waals surface area contributed by atoms with Gasteiger partial charge in [-0.2, -0.15) is 0 Å². The van der Waals surface area contributed by atoms with E-state index in [4.69, 9.17) is 4.74 Å². The van der Waals surface area contributed by atoms with Gasteiger partial charge in [0.25, 0.3) is 0 Å². The molecule has 3 heterocycles. The molecule has 2 aliphatic rings. The second-order valence-electron chi connectivity index (χ2n) is 9.78. The maximum atomic E-state index is 12.8. The molecule has 8 nitrogen and oxygen atoms in total. The Morgan fingerprint density at radius 1 is 1.09 bits per heavy atom. The standard InChI is InChI=1S/C26H42N4O4/c1-5-34-26(33)24-19(3)22(20(4)28-24)9-10-23(31)30-15-11-21(12-16-30)25(32)27-13-17-29-14-7-6-8-18(29)2/h18,21,28H,5-17H2,1-4H3,(H,27,32)/t18-/m1/s1. The summed E-state index contributed by atoms with van der Waals surface area (Å²) in [6.45, 7) is 12.2. The molecule has 2 fully saturated rings. The molecule has 0 radical (unpaired) electrons. The number of ether oxygens (including phenoxy) is 1. The van der Waals surface area contributed by atoms with E-state index in [-0.39, 0.29) is 23.7 Å². The third-order valence-electron chi connectivity index (χ3n) is 7.52. The van der Waals surface area contributed by atoms with E-state index in [1.54, 1.807) is 6.92 Å². The minimum absolute atomic E-state index is 0.0101. The fourth-order valence-electron chi connectivity index (χ4n) is 5.31. The summed E-state index contributed by atoms with van der Waals surface area (Å²) in [5.74, 6) is -0.131. The second-order valence-corrected chi connectivity index (χ2v) is 9.78. The third-order valence-corrected chi connectivity index (χ3v) is 7.52. The van der Waals surface area contributed by atoms with Crippen LogP contribution in [0.4, 0.5) is 0 Å². The summed E-state index contributed by atoms with van der Waals surface area (Å²) < 4.78 is 5.11. The summed E-state index contributed by atoms with van der Waals surface area (Å²) in [5, 5.41) is 3.12. The number of aromatic nitrogens is 1. The lowest BCUT2D eigenvalue weighted by Crippen LogP contribution is -2.46. The van der Waals surface area contributed by atoms with Crippen molar-refractivity contribution in [1.29, 1.82) is 0 Å². The Labute approximate surface area is 203 Å². The number of hydrogen-bond acceptors (Lipinski definition) is 5. The zero-order chi connectivity index (χ0) is 24.7. The molecule has 190 valence electrons. The SMILES string of the molecule is CCOC(=O)c1[nH]c(C)c(CCC(=O)N2CCC(C(=O)NCCN3CCCC[C@H]3C)CC2)c1C. The van der Waals surface area contributed by atoms with Crippen LogP contribution < -0.4 is 5.32 Å². The van der Waals surface area contributed by atoms with Gasteiger partial charge in [-0.05, 0) is 77.5 Å². The van der Waals surface area contributed by atoms with Gasteiger partial charge in [-0.3, -0.25) is 14.5 Å². The Balaban J connectivity index is 1.40. The molecule has 1 aromatic rings. The van der Waals surface area contributed by atoms with Crippen LogP contribution >= 0.6 is 0 Å². The summed E-state index contributed by atoms with van der Waals surface area (Å²) in [6.07, 6.45) is 6.21. The molecule has 2 saturated heterocycles. The zero-order valence-corrected chi connectivity index (χ0v) is 21.4. The van der Waals surface area contributed by atoms with E-state index in [9.17, 15) is 14.4 Å². The summed E-state index contributed by atoms with van der Waals surface area (Å²) >= 11 is 0. The molecule has 0 unspecified atom stereocenters. The lowest BCUT2D eigenvalue weighted by atomic mass is 9.95. The van der Waals surface area contributed by atoms with Crippen LogP contribution in [-0.4, -0.2) is 77.9 Å². The van der Waals surface area contributed by atoms with Crippen molar-refractivity contribution in [2.24, 2.45) is 5.92 Å². The first kappa shape index (κ1) is 26.3. The summed E-state index contributed by atoms with van der Waals surface area (Å²) in [4.78, 5) is 45.0. The minimum Gasteiger partial charge on any atom is -0.461 e. The first-order chi connectivity index (χ1) is 16.3. The van der Waals surface area contributed by atoms with E-state index in [1.807, 2.05) is 18.7 Å². The average molecular weight is 475 g/mol. The van der Waals surface area contributed by atoms with Gasteiger partial charge < -0.3 is 19.9 Å². The van der Waals surface area contributed by atoms with Gasteiger partial charge in [-0.1, -0.05) is 6.42 Å². The van der Waals surface area contributed by atoms with Crippen molar-refractivity contribution in [1.82, 2.24) is 20.1 Å². The number of piperidine rings is 2. The van der Waals surface area contributed by atoms with Crippen molar-refractivity contribution >= 4 is 17.8 Å². The summed E-state index contributed by atoms with van der Waals surface area (Å²) in [7, 11) is 0. The van der Waals surface area contributed by atoms with Crippen molar-refractivity contribution in [2.45, 2.75) is 78.7 Å². The van der Waals surface area contributed by atoms with E-state index in [1.165, 1.54) is 19.3 Å². The van der Waals surface area contributed by atoms with Gasteiger partial charge >= 0.3 is 5.97 Å². The molecule has 0 aromatic carbocycles. The first-order valence-electron chi connectivity index (χ1n) is 13.0. The van der Waals surface area contributed by atoms with Gasteiger partial charge in [0.1, 0.15) is 5.69 Å². The molecule has 0 saturated carbocycles. The Morgan fingerprint density at radius 2 is 1.82 bits per heavy atom. The second kappa shape index (κ2) is 12.4.